The summed E-state index contributed by atoms with van der Waals surface area (Å²) < 4.78 is 23.1. The summed E-state index contributed by atoms with van der Waals surface area (Å²) in [6.07, 6.45) is 1.50. The van der Waals surface area contributed by atoms with Crippen LogP contribution in [0.25, 0.3) is 0 Å². The van der Waals surface area contributed by atoms with Crippen LogP contribution < -0.4 is 4.74 Å². The normalized spacial score (nSPS) is 12.5. The lowest BCUT2D eigenvalue weighted by atomic mass is 10.1. The van der Waals surface area contributed by atoms with Gasteiger partial charge in [0.2, 0.25) is 0 Å². The molecule has 0 aliphatic rings. The summed E-state index contributed by atoms with van der Waals surface area (Å²) in [6, 6.07) is 4.96. The molecule has 2 nitrogen and oxygen atoms in total. The van der Waals surface area contributed by atoms with E-state index in [0.29, 0.717) is 6.61 Å². The van der Waals surface area contributed by atoms with Crippen molar-refractivity contribution in [3.63, 3.8) is 0 Å². The van der Waals surface area contributed by atoms with Crippen LogP contribution in [0, 0.1) is 5.82 Å². The molecule has 4 heteroatoms. The summed E-state index contributed by atoms with van der Waals surface area (Å²) >= 11 is 5.99. The van der Waals surface area contributed by atoms with Gasteiger partial charge < -0.3 is 9.47 Å². The Balaban J connectivity index is 2.51. The van der Waals surface area contributed by atoms with Crippen LogP contribution in [-0.2, 0) is 11.2 Å². The number of rotatable bonds is 6. The summed E-state index contributed by atoms with van der Waals surface area (Å²) in [7, 11) is 3.06. The van der Waals surface area contributed by atoms with Crippen LogP contribution in [0.4, 0.5) is 4.39 Å². The zero-order valence-corrected chi connectivity index (χ0v) is 10.3. The molecule has 0 saturated heterocycles. The van der Waals surface area contributed by atoms with Crippen LogP contribution in [0.1, 0.15) is 12.0 Å². The van der Waals surface area contributed by atoms with Crippen molar-refractivity contribution < 1.29 is 13.9 Å². The number of methoxy groups -OCH3 is 2. The van der Waals surface area contributed by atoms with E-state index in [1.807, 2.05) is 6.07 Å². The predicted molar refractivity (Wildman–Crippen MR) is 62.8 cm³/mol. The monoisotopic (exact) mass is 246 g/mol. The second-order valence-corrected chi connectivity index (χ2v) is 4.18. The van der Waals surface area contributed by atoms with Crippen LogP contribution in [-0.4, -0.2) is 26.2 Å². The molecule has 0 heterocycles. The molecule has 0 bridgehead atoms. The molecule has 16 heavy (non-hydrogen) atoms. The van der Waals surface area contributed by atoms with Gasteiger partial charge in [0.25, 0.3) is 0 Å². The van der Waals surface area contributed by atoms with E-state index in [9.17, 15) is 4.39 Å². The third kappa shape index (κ3) is 3.99. The Morgan fingerprint density at radius 1 is 1.38 bits per heavy atom. The van der Waals surface area contributed by atoms with Crippen LogP contribution >= 0.6 is 11.6 Å². The molecular formula is C12H16ClFO2. The molecule has 0 spiro atoms. The molecule has 0 radical (unpaired) electrons. The van der Waals surface area contributed by atoms with Crippen LogP contribution in [0.5, 0.6) is 5.75 Å². The van der Waals surface area contributed by atoms with E-state index >= 15 is 0 Å². The maximum absolute atomic E-state index is 13.3. The highest BCUT2D eigenvalue weighted by Gasteiger charge is 2.07. The summed E-state index contributed by atoms with van der Waals surface area (Å²) in [5, 5.41) is -0.0323. The molecule has 90 valence electrons. The van der Waals surface area contributed by atoms with Gasteiger partial charge in [0.05, 0.1) is 19.1 Å². The Hall–Kier alpha value is -0.800. The molecule has 0 aliphatic heterocycles. The molecular weight excluding hydrogens is 231 g/mol. The average molecular weight is 247 g/mol. The largest absolute Gasteiger partial charge is 0.494 e. The third-order valence-electron chi connectivity index (χ3n) is 2.31. The molecule has 0 aliphatic carbocycles. The molecule has 1 aromatic carbocycles. The van der Waals surface area contributed by atoms with E-state index in [4.69, 9.17) is 21.1 Å². The van der Waals surface area contributed by atoms with Crippen LogP contribution in [0.15, 0.2) is 18.2 Å². The predicted octanol–water partition coefficient (Wildman–Crippen LogP) is 3.02. The standard InChI is InChI=1S/C12H16ClFO2/c1-15-8-10(13)5-3-9-4-6-12(16-2)11(14)7-9/h4,6-7,10H,3,5,8H2,1-2H3. The summed E-state index contributed by atoms with van der Waals surface area (Å²) in [6.45, 7) is 0.514. The van der Waals surface area contributed by atoms with Crippen molar-refractivity contribution in [3.8, 4) is 5.75 Å². The van der Waals surface area contributed by atoms with Crippen LogP contribution in [0.2, 0.25) is 0 Å². The highest BCUT2D eigenvalue weighted by Crippen LogP contribution is 2.19. The van der Waals surface area contributed by atoms with Gasteiger partial charge in [-0.1, -0.05) is 6.07 Å². The van der Waals surface area contributed by atoms with Crippen molar-refractivity contribution >= 4 is 11.6 Å². The van der Waals surface area contributed by atoms with Crippen molar-refractivity contribution in [2.24, 2.45) is 0 Å². The van der Waals surface area contributed by atoms with Crippen molar-refractivity contribution in [1.29, 1.82) is 0 Å². The fourth-order valence-electron chi connectivity index (χ4n) is 1.45. The van der Waals surface area contributed by atoms with Crippen molar-refractivity contribution in [3.05, 3.63) is 29.6 Å². The van der Waals surface area contributed by atoms with E-state index in [-0.39, 0.29) is 16.9 Å². The topological polar surface area (TPSA) is 18.5 Å². The minimum absolute atomic E-state index is 0.0323. The Morgan fingerprint density at radius 3 is 2.69 bits per heavy atom. The molecule has 0 fully saturated rings. The Bertz CT molecular complexity index is 331. The highest BCUT2D eigenvalue weighted by molar-refractivity contribution is 6.20. The van der Waals surface area contributed by atoms with Crippen molar-refractivity contribution in [2.75, 3.05) is 20.8 Å². The Morgan fingerprint density at radius 2 is 2.12 bits per heavy atom. The lowest BCUT2D eigenvalue weighted by Gasteiger charge is -2.09. The van der Waals surface area contributed by atoms with E-state index < -0.39 is 0 Å². The van der Waals surface area contributed by atoms with Gasteiger partial charge in [-0.05, 0) is 30.5 Å². The van der Waals surface area contributed by atoms with Crippen molar-refractivity contribution in [1.82, 2.24) is 0 Å². The summed E-state index contributed by atoms with van der Waals surface area (Å²) in [5.41, 5.74) is 0.917. The van der Waals surface area contributed by atoms with Gasteiger partial charge in [-0.2, -0.15) is 0 Å². The fourth-order valence-corrected chi connectivity index (χ4v) is 1.69. The molecule has 1 aromatic rings. The molecule has 0 N–H and O–H groups in total. The SMILES string of the molecule is COCC(Cl)CCc1ccc(OC)c(F)c1. The van der Waals surface area contributed by atoms with Crippen molar-refractivity contribution in [2.45, 2.75) is 18.2 Å². The number of hydrogen-bond acceptors (Lipinski definition) is 2. The van der Waals surface area contributed by atoms with E-state index in [1.54, 1.807) is 13.2 Å². The van der Waals surface area contributed by atoms with Gasteiger partial charge in [-0.25, -0.2) is 4.39 Å². The quantitative estimate of drug-likeness (QED) is 0.719. The number of hydrogen-bond donors (Lipinski definition) is 0. The fraction of sp³-hybridized carbons (Fsp3) is 0.500. The number of alkyl halides is 1. The Kier molecular flexibility index (Phi) is 5.56. The van der Waals surface area contributed by atoms with E-state index in [2.05, 4.69) is 0 Å². The van der Waals surface area contributed by atoms with E-state index in [1.165, 1.54) is 13.2 Å². The first-order valence-electron chi connectivity index (χ1n) is 5.12. The minimum Gasteiger partial charge on any atom is -0.494 e. The first kappa shape index (κ1) is 13.3. The second kappa shape index (κ2) is 6.71. The number of aryl methyl sites for hydroxylation is 1. The number of ether oxygens (including phenoxy) is 2. The second-order valence-electron chi connectivity index (χ2n) is 3.56. The lowest BCUT2D eigenvalue weighted by molar-refractivity contribution is 0.195. The maximum Gasteiger partial charge on any atom is 0.165 e. The first-order chi connectivity index (χ1) is 7.67. The zero-order valence-electron chi connectivity index (χ0n) is 9.50. The number of benzene rings is 1. The van der Waals surface area contributed by atoms with Gasteiger partial charge in [0, 0.05) is 7.11 Å². The summed E-state index contributed by atoms with van der Waals surface area (Å²) in [5.74, 6) is -0.0686. The third-order valence-corrected chi connectivity index (χ3v) is 2.65. The van der Waals surface area contributed by atoms with Gasteiger partial charge >= 0.3 is 0 Å². The molecule has 1 unspecified atom stereocenters. The molecule has 1 atom stereocenters. The molecule has 0 saturated carbocycles. The average Bonchev–Trinajstić information content (AvgIpc) is 2.27. The first-order valence-corrected chi connectivity index (χ1v) is 5.56. The minimum atomic E-state index is -0.335. The number of halogens is 2. The van der Waals surface area contributed by atoms with Gasteiger partial charge in [-0.3, -0.25) is 0 Å². The highest BCUT2D eigenvalue weighted by atomic mass is 35.5. The lowest BCUT2D eigenvalue weighted by Crippen LogP contribution is -2.08. The summed E-state index contributed by atoms with van der Waals surface area (Å²) in [4.78, 5) is 0. The maximum atomic E-state index is 13.3. The van der Waals surface area contributed by atoms with Gasteiger partial charge in [-0.15, -0.1) is 11.6 Å². The van der Waals surface area contributed by atoms with E-state index in [0.717, 1.165) is 18.4 Å². The zero-order chi connectivity index (χ0) is 12.0. The van der Waals surface area contributed by atoms with Gasteiger partial charge in [0.1, 0.15) is 0 Å². The molecule has 1 rings (SSSR count). The molecule has 0 amide bonds. The van der Waals surface area contributed by atoms with Gasteiger partial charge in [0.15, 0.2) is 11.6 Å². The Labute approximate surface area is 100 Å². The van der Waals surface area contributed by atoms with Crippen LogP contribution in [0.3, 0.4) is 0 Å². The smallest absolute Gasteiger partial charge is 0.165 e. The molecule has 0 aromatic heterocycles.